The fourth-order valence-electron chi connectivity index (χ4n) is 7.10. The van der Waals surface area contributed by atoms with Crippen LogP contribution in [0.2, 0.25) is 0 Å². The summed E-state index contributed by atoms with van der Waals surface area (Å²) in [6, 6.07) is 8.65. The summed E-state index contributed by atoms with van der Waals surface area (Å²) in [5.41, 5.74) is 4.81. The third-order valence-electron chi connectivity index (χ3n) is 10.5. The van der Waals surface area contributed by atoms with Crippen LogP contribution in [0.4, 0.5) is 4.79 Å². The van der Waals surface area contributed by atoms with Gasteiger partial charge in [0.25, 0.3) is 11.8 Å². The number of benzene rings is 2. The van der Waals surface area contributed by atoms with Crippen LogP contribution in [-0.4, -0.2) is 138 Å². The number of nitrogens with one attached hydrogen (secondary N) is 6. The molecule has 74 heavy (non-hydrogen) atoms. The van der Waals surface area contributed by atoms with E-state index >= 15 is 0 Å². The van der Waals surface area contributed by atoms with E-state index in [-0.39, 0.29) is 19.1 Å². The molecule has 5 atom stereocenters. The number of carboxylic acid groups (broad SMARTS) is 1. The molecule has 0 aliphatic heterocycles. The van der Waals surface area contributed by atoms with Gasteiger partial charge in [-0.15, -0.1) is 6.58 Å². The summed E-state index contributed by atoms with van der Waals surface area (Å²) in [7, 11) is 0. The van der Waals surface area contributed by atoms with Gasteiger partial charge in [0.15, 0.2) is 5.72 Å². The molecule has 0 heterocycles. The number of aliphatic carboxylic acids is 1. The van der Waals surface area contributed by atoms with Crippen LogP contribution < -0.4 is 37.6 Å². The lowest BCUT2D eigenvalue weighted by molar-refractivity contribution is -0.157. The standard InChI is InChI=1S/C51H71N7O16/c1-12-23-71-51(52,22-21-39(60)61)46(68)57-37(28-72-48(3,4)5)43(65)53-26-38(59)55-35(24-40(62)73-49(6,7)8)44(66)54-29(2)42(64)56-36(25-41(63)74-50(9,10)11)45(67)58-47(69)70-27-34-32-19-15-13-17-30(32)31-18-14-16-20-33(31)34/h12-20,29,34-37H,1,21-28,52H2,2-11H3,(H,53,65)(H,54,66)(H,55,59)(H,56,64)(H,57,68)(H,60,61)(H,58,67,69)/t29-,35+,36+,37-,51-/m1/s1. The SMILES string of the molecule is C=CCO[C@](N)(CCC(=O)O)C(=O)N[C@H](COC(C)(C)C)C(=O)NCC(=O)N[C@@H](CC(=O)OC(C)(C)C)C(=O)N[C@H](C)C(=O)N[C@@H](CC(=O)OC(C)(C)C)C(=O)NC(=O)OCC1c2ccccc2-c2ccccc21. The number of alkyl carbamates (subject to hydrolysis) is 1. The van der Waals surface area contributed by atoms with Gasteiger partial charge in [-0.05, 0) is 91.5 Å². The van der Waals surface area contributed by atoms with E-state index in [1.54, 1.807) is 62.3 Å². The van der Waals surface area contributed by atoms with Crippen molar-refractivity contribution < 1.29 is 76.7 Å². The van der Waals surface area contributed by atoms with Crippen LogP contribution in [0.3, 0.4) is 0 Å². The predicted octanol–water partition coefficient (Wildman–Crippen LogP) is 2.13. The predicted molar refractivity (Wildman–Crippen MR) is 266 cm³/mol. The minimum absolute atomic E-state index is 0.155. The zero-order chi connectivity index (χ0) is 55.8. The van der Waals surface area contributed by atoms with Crippen LogP contribution in [0.5, 0.6) is 0 Å². The van der Waals surface area contributed by atoms with E-state index in [2.05, 4.69) is 38.5 Å². The molecule has 1 aliphatic rings. The maximum atomic E-state index is 13.8. The van der Waals surface area contributed by atoms with Gasteiger partial charge in [-0.3, -0.25) is 54.2 Å². The molecular weight excluding hydrogens is 967 g/mol. The van der Waals surface area contributed by atoms with Crippen molar-refractivity contribution in [2.24, 2.45) is 5.73 Å². The van der Waals surface area contributed by atoms with Crippen LogP contribution >= 0.6 is 0 Å². The van der Waals surface area contributed by atoms with Gasteiger partial charge in [0.05, 0.1) is 38.2 Å². The van der Waals surface area contributed by atoms with Gasteiger partial charge >= 0.3 is 24.0 Å². The number of imide groups is 1. The first-order valence-electron chi connectivity index (χ1n) is 23.8. The summed E-state index contributed by atoms with van der Waals surface area (Å²) in [6.07, 6.45) is -2.50. The van der Waals surface area contributed by atoms with Gasteiger partial charge in [0.2, 0.25) is 23.6 Å². The molecule has 23 nitrogen and oxygen atoms in total. The highest BCUT2D eigenvalue weighted by Crippen LogP contribution is 2.44. The van der Waals surface area contributed by atoms with E-state index in [1.807, 2.05) is 48.5 Å². The van der Waals surface area contributed by atoms with Gasteiger partial charge in [-0.1, -0.05) is 54.6 Å². The number of hydrogen-bond acceptors (Lipinski definition) is 16. The third kappa shape index (κ3) is 20.3. The molecule has 23 heteroatoms. The van der Waals surface area contributed by atoms with Crippen molar-refractivity contribution in [3.05, 3.63) is 72.3 Å². The highest BCUT2D eigenvalue weighted by Gasteiger charge is 2.39. The Bertz CT molecular complexity index is 2360. The average molecular weight is 1040 g/mol. The molecule has 0 unspecified atom stereocenters. The topological polar surface area (TPSA) is 335 Å². The van der Waals surface area contributed by atoms with E-state index in [4.69, 9.17) is 29.4 Å². The largest absolute Gasteiger partial charge is 0.481 e. The zero-order valence-corrected chi connectivity index (χ0v) is 43.6. The number of hydrogen-bond donors (Lipinski definition) is 8. The van der Waals surface area contributed by atoms with Crippen molar-refractivity contribution in [1.29, 1.82) is 0 Å². The first-order chi connectivity index (χ1) is 34.3. The van der Waals surface area contributed by atoms with Gasteiger partial charge in [-0.2, -0.15) is 0 Å². The van der Waals surface area contributed by atoms with Crippen LogP contribution in [0.15, 0.2) is 61.2 Å². The number of esters is 2. The molecule has 0 radical (unpaired) electrons. The van der Waals surface area contributed by atoms with Gasteiger partial charge < -0.3 is 55.4 Å². The summed E-state index contributed by atoms with van der Waals surface area (Å²) in [4.78, 5) is 132. The molecule has 0 fully saturated rings. The quantitative estimate of drug-likeness (QED) is 0.0306. The van der Waals surface area contributed by atoms with Crippen molar-refractivity contribution >= 4 is 59.4 Å². The Kier molecular flexibility index (Phi) is 22.0. The minimum atomic E-state index is -2.22. The first kappa shape index (κ1) is 61.1. The van der Waals surface area contributed by atoms with Crippen LogP contribution in [0, 0.1) is 0 Å². The molecule has 1 aliphatic carbocycles. The summed E-state index contributed by atoms with van der Waals surface area (Å²) in [5.74, 6) is -9.90. The van der Waals surface area contributed by atoms with Crippen molar-refractivity contribution in [2.45, 2.75) is 148 Å². The average Bonchev–Trinajstić information content (AvgIpc) is 3.61. The zero-order valence-electron chi connectivity index (χ0n) is 43.6. The monoisotopic (exact) mass is 1040 g/mol. The molecular formula is C51H71N7O16. The van der Waals surface area contributed by atoms with E-state index in [0.29, 0.717) is 0 Å². The minimum Gasteiger partial charge on any atom is -0.481 e. The summed E-state index contributed by atoms with van der Waals surface area (Å²) >= 11 is 0. The van der Waals surface area contributed by atoms with Crippen molar-refractivity contribution in [1.82, 2.24) is 31.9 Å². The Labute approximate surface area is 430 Å². The van der Waals surface area contributed by atoms with E-state index in [0.717, 1.165) is 22.3 Å². The highest BCUT2D eigenvalue weighted by atomic mass is 16.6. The number of carbonyl (C=O) groups is 10. The van der Waals surface area contributed by atoms with Crippen LogP contribution in [0.25, 0.3) is 11.1 Å². The number of nitrogens with two attached hydrogens (primary N) is 1. The van der Waals surface area contributed by atoms with Crippen molar-refractivity contribution in [3.63, 3.8) is 0 Å². The molecule has 0 aromatic heterocycles. The number of amides is 7. The summed E-state index contributed by atoms with van der Waals surface area (Å²) in [6.45, 7) is 17.4. The molecule has 9 N–H and O–H groups in total. The van der Waals surface area contributed by atoms with Gasteiger partial charge in [0, 0.05) is 18.8 Å². The van der Waals surface area contributed by atoms with E-state index in [1.165, 1.54) is 13.0 Å². The lowest BCUT2D eigenvalue weighted by Crippen LogP contribution is -2.62. The first-order valence-corrected chi connectivity index (χ1v) is 23.8. The molecule has 0 bridgehead atoms. The Morgan fingerprint density at radius 3 is 1.70 bits per heavy atom. The maximum absolute atomic E-state index is 13.8. The second-order valence-electron chi connectivity index (χ2n) is 20.4. The summed E-state index contributed by atoms with van der Waals surface area (Å²) < 4.78 is 27.3. The fourth-order valence-corrected chi connectivity index (χ4v) is 7.10. The highest BCUT2D eigenvalue weighted by molar-refractivity contribution is 6.00. The normalized spacial score (nSPS) is 14.6. The van der Waals surface area contributed by atoms with Gasteiger partial charge in [0.1, 0.15) is 42.0 Å². The molecule has 0 spiro atoms. The fraction of sp³-hybridized carbons (Fsp3) is 0.529. The second kappa shape index (κ2) is 26.6. The second-order valence-corrected chi connectivity index (χ2v) is 20.4. The maximum Gasteiger partial charge on any atom is 0.413 e. The molecule has 3 rings (SSSR count). The van der Waals surface area contributed by atoms with Crippen LogP contribution in [0.1, 0.15) is 112 Å². The number of fused-ring (bicyclic) bond motifs is 3. The number of carboxylic acids is 1. The van der Waals surface area contributed by atoms with Crippen molar-refractivity contribution in [2.75, 3.05) is 26.4 Å². The number of carbonyl (C=O) groups excluding carboxylic acids is 9. The lowest BCUT2D eigenvalue weighted by atomic mass is 9.98. The third-order valence-corrected chi connectivity index (χ3v) is 10.5. The van der Waals surface area contributed by atoms with E-state index < -0.39 is 145 Å². The molecule has 0 saturated heterocycles. The Morgan fingerprint density at radius 2 is 1.20 bits per heavy atom. The van der Waals surface area contributed by atoms with Gasteiger partial charge in [-0.25, -0.2) is 4.79 Å². The summed E-state index contributed by atoms with van der Waals surface area (Å²) in [5, 5.41) is 23.0. The molecule has 406 valence electrons. The smallest absolute Gasteiger partial charge is 0.413 e. The Morgan fingerprint density at radius 1 is 0.676 bits per heavy atom. The van der Waals surface area contributed by atoms with E-state index in [9.17, 15) is 53.1 Å². The Balaban J connectivity index is 1.76. The lowest BCUT2D eigenvalue weighted by Gasteiger charge is -2.30. The molecule has 0 saturated carbocycles. The van der Waals surface area contributed by atoms with Crippen LogP contribution in [-0.2, 0) is 66.8 Å². The molecule has 7 amide bonds. The number of ether oxygens (including phenoxy) is 5. The Hall–Kier alpha value is -7.24. The number of rotatable bonds is 25. The van der Waals surface area contributed by atoms with Crippen molar-refractivity contribution in [3.8, 4) is 11.1 Å². The molecule has 2 aromatic rings. The molecule has 2 aromatic carbocycles.